The van der Waals surface area contributed by atoms with E-state index in [0.717, 1.165) is 0 Å². The van der Waals surface area contributed by atoms with Gasteiger partial charge in [0.2, 0.25) is 0 Å². The summed E-state index contributed by atoms with van der Waals surface area (Å²) in [6.07, 6.45) is 0. The van der Waals surface area contributed by atoms with Crippen molar-refractivity contribution in [3.8, 4) is 0 Å². The molecule has 0 amide bonds. The second kappa shape index (κ2) is 11.9. The third kappa shape index (κ3) is 6.06. The van der Waals surface area contributed by atoms with E-state index >= 15 is 0 Å². The lowest BCUT2D eigenvalue weighted by Gasteiger charge is -2.33. The molecule has 175 valence electrons. The first kappa shape index (κ1) is 26.3. The van der Waals surface area contributed by atoms with E-state index in [-0.39, 0.29) is 15.8 Å². The molecule has 0 N–H and O–H groups in total. The van der Waals surface area contributed by atoms with E-state index in [2.05, 4.69) is 134 Å². The predicted molar refractivity (Wildman–Crippen MR) is 158 cm³/mol. The highest BCUT2D eigenvalue weighted by Crippen LogP contribution is 2.45. The maximum atomic E-state index is 2.46. The summed E-state index contributed by atoms with van der Waals surface area (Å²) in [7, 11) is -1.58. The second-order valence-electron chi connectivity index (χ2n) is 9.96. The molecular weight excluding hydrogens is 450 g/mol. The first-order valence-electron chi connectivity index (χ1n) is 12.4. The van der Waals surface area contributed by atoms with E-state index in [9.17, 15) is 0 Å². The van der Waals surface area contributed by atoms with Crippen LogP contribution in [0.1, 0.15) is 55.4 Å². The van der Waals surface area contributed by atoms with Gasteiger partial charge in [0.1, 0.15) is 0 Å². The molecule has 1 radical (unpaired) electrons. The average molecular weight is 492 g/mol. The van der Waals surface area contributed by atoms with E-state index < -0.39 is 8.80 Å². The van der Waals surface area contributed by atoms with Crippen LogP contribution >= 0.6 is 15.8 Å². The molecule has 0 unspecified atom stereocenters. The highest BCUT2D eigenvalue weighted by Gasteiger charge is 2.31. The van der Waals surface area contributed by atoms with Gasteiger partial charge < -0.3 is 0 Å². The predicted octanol–water partition coefficient (Wildman–Crippen LogP) is 6.05. The van der Waals surface area contributed by atoms with Crippen molar-refractivity contribution in [1.29, 1.82) is 0 Å². The zero-order valence-electron chi connectivity index (χ0n) is 21.7. The van der Waals surface area contributed by atoms with Crippen LogP contribution in [0.3, 0.4) is 0 Å². The van der Waals surface area contributed by atoms with E-state index in [1.807, 2.05) is 0 Å². The van der Waals surface area contributed by atoms with Gasteiger partial charge in [-0.2, -0.15) is 0 Å². The highest BCUT2D eigenvalue weighted by atomic mass is 31.1. The van der Waals surface area contributed by atoms with Crippen molar-refractivity contribution in [3.05, 3.63) is 78.9 Å². The molecule has 0 nitrogen and oxygen atoms in total. The molecule has 0 saturated carbocycles. The zero-order chi connectivity index (χ0) is 24.1. The van der Waals surface area contributed by atoms with Crippen LogP contribution in [0.4, 0.5) is 0 Å². The van der Waals surface area contributed by atoms with Crippen LogP contribution in [0.25, 0.3) is 0 Å². The van der Waals surface area contributed by atoms with Crippen molar-refractivity contribution < 1.29 is 0 Å². The summed E-state index contributed by atoms with van der Waals surface area (Å²) in [5, 5.41) is 7.98. The minimum Gasteiger partial charge on any atom is -0.0702 e. The lowest BCUT2D eigenvalue weighted by Crippen LogP contribution is -2.60. The minimum absolute atomic E-state index is 0.227. The quantitative estimate of drug-likeness (QED) is 0.194. The molecule has 3 aromatic rings. The molecule has 0 bridgehead atoms. The summed E-state index contributed by atoms with van der Waals surface area (Å²) in [6, 6.07) is 30.3. The van der Waals surface area contributed by atoms with Gasteiger partial charge in [-0.05, 0) is 43.6 Å². The Balaban J connectivity index is 2.32. The van der Waals surface area contributed by atoms with Crippen LogP contribution in [0, 0.1) is 0 Å². The zero-order valence-corrected chi connectivity index (χ0v) is 24.5. The van der Waals surface area contributed by atoms with Crippen LogP contribution in [0.2, 0.25) is 0 Å². The van der Waals surface area contributed by atoms with Gasteiger partial charge in [-0.3, -0.25) is 0 Å². The largest absolute Gasteiger partial charge is 0.156 e. The van der Waals surface area contributed by atoms with Crippen LogP contribution in [-0.2, 0) is 0 Å². The molecule has 0 aliphatic rings. The molecule has 0 aliphatic carbocycles. The summed E-state index contributed by atoms with van der Waals surface area (Å²) in [5.74, 6) is 0. The van der Waals surface area contributed by atoms with Crippen LogP contribution < -0.4 is 26.2 Å². The lowest BCUT2D eigenvalue weighted by atomic mass is 10.3. The van der Waals surface area contributed by atoms with Gasteiger partial charge in [0.05, 0.1) is 0 Å². The van der Waals surface area contributed by atoms with Crippen molar-refractivity contribution in [2.75, 3.05) is 0 Å². The Hall–Kier alpha value is -1.26. The lowest BCUT2D eigenvalue weighted by molar-refractivity contribution is 1.02. The van der Waals surface area contributed by atoms with Crippen LogP contribution in [-0.4, -0.2) is 31.4 Å². The highest BCUT2D eigenvalue weighted by molar-refractivity contribution is 7.68. The Morgan fingerprint density at radius 3 is 1.15 bits per heavy atom. The Morgan fingerprint density at radius 2 is 0.788 bits per heavy atom. The summed E-state index contributed by atoms with van der Waals surface area (Å²) in [6.45, 7) is 19.4. The first-order chi connectivity index (χ1) is 15.7. The van der Waals surface area contributed by atoms with Crippen molar-refractivity contribution >= 4 is 50.8 Å². The van der Waals surface area contributed by atoms with Gasteiger partial charge in [0, 0.05) is 0 Å². The maximum absolute atomic E-state index is 2.46. The van der Waals surface area contributed by atoms with Gasteiger partial charge in [0.15, 0.2) is 8.80 Å². The molecule has 33 heavy (non-hydrogen) atoms. The monoisotopic (exact) mass is 491 g/mol. The van der Waals surface area contributed by atoms with Gasteiger partial charge in [-0.15, -0.1) is 0 Å². The fourth-order valence-electron chi connectivity index (χ4n) is 5.19. The SMILES string of the molecule is CC(C)P(c1ccccc1[Si](c1ccccc1)c1ccccc1P(C(C)C)C(C)C)C(C)C. The molecule has 0 spiro atoms. The molecule has 3 heteroatoms. The van der Waals surface area contributed by atoms with E-state index in [0.29, 0.717) is 22.6 Å². The smallest absolute Gasteiger partial charge is 0.0702 e. The Kier molecular flexibility index (Phi) is 9.52. The van der Waals surface area contributed by atoms with Gasteiger partial charge in [-0.25, -0.2) is 0 Å². The fraction of sp³-hybridized carbons (Fsp3) is 0.400. The first-order valence-corrected chi connectivity index (χ1v) is 16.9. The number of rotatable bonds is 9. The van der Waals surface area contributed by atoms with Crippen molar-refractivity contribution in [3.63, 3.8) is 0 Å². The van der Waals surface area contributed by atoms with Gasteiger partial charge in [0.25, 0.3) is 0 Å². The number of hydrogen-bond donors (Lipinski definition) is 0. The van der Waals surface area contributed by atoms with Crippen molar-refractivity contribution in [2.24, 2.45) is 0 Å². The average Bonchev–Trinajstić information content (AvgIpc) is 2.76. The fourth-order valence-corrected chi connectivity index (χ4v) is 15.1. The van der Waals surface area contributed by atoms with Gasteiger partial charge >= 0.3 is 0 Å². The van der Waals surface area contributed by atoms with Crippen LogP contribution in [0.15, 0.2) is 78.9 Å². The topological polar surface area (TPSA) is 0 Å². The third-order valence-corrected chi connectivity index (χ3v) is 15.8. The third-order valence-electron chi connectivity index (χ3n) is 6.19. The Labute approximate surface area is 207 Å². The minimum atomic E-state index is -1.13. The van der Waals surface area contributed by atoms with Crippen LogP contribution in [0.5, 0.6) is 0 Å². The molecule has 0 saturated heterocycles. The van der Waals surface area contributed by atoms with E-state index in [4.69, 9.17) is 0 Å². The molecular formula is C30H41P2Si. The maximum Gasteiger partial charge on any atom is 0.156 e. The summed E-state index contributed by atoms with van der Waals surface area (Å²) < 4.78 is 0. The molecule has 0 heterocycles. The van der Waals surface area contributed by atoms with Crippen molar-refractivity contribution in [2.45, 2.75) is 78.0 Å². The normalized spacial score (nSPS) is 12.3. The molecule has 0 aliphatic heterocycles. The van der Waals surface area contributed by atoms with E-state index in [1.54, 1.807) is 21.0 Å². The van der Waals surface area contributed by atoms with Crippen molar-refractivity contribution in [1.82, 2.24) is 0 Å². The Bertz CT molecular complexity index is 931. The molecule has 3 aromatic carbocycles. The molecule has 0 atom stereocenters. The standard InChI is InChI=1S/C30H41P2Si/c1-22(2)31(23(3)4)27-18-12-14-20-29(27)33(26-16-10-9-11-17-26)30-21-15-13-19-28(30)32(24(5)6)25(7)8/h9-25H,1-8H3. The molecule has 0 fully saturated rings. The Morgan fingerprint density at radius 1 is 0.455 bits per heavy atom. The molecule has 0 aromatic heterocycles. The second-order valence-corrected chi connectivity index (χ2v) is 19.1. The molecule has 3 rings (SSSR count). The van der Waals surface area contributed by atoms with E-state index in [1.165, 1.54) is 5.19 Å². The van der Waals surface area contributed by atoms with Gasteiger partial charge in [-0.1, -0.05) is 155 Å². The summed E-state index contributed by atoms with van der Waals surface area (Å²) >= 11 is 0. The number of benzene rings is 3. The summed E-state index contributed by atoms with van der Waals surface area (Å²) in [5.41, 5.74) is 2.72. The summed E-state index contributed by atoms with van der Waals surface area (Å²) in [4.78, 5) is 0. The number of hydrogen-bond acceptors (Lipinski definition) is 0.